The Labute approximate surface area is 132 Å². The Bertz CT molecular complexity index is 633. The van der Waals surface area contributed by atoms with Crippen LogP contribution in [-0.4, -0.2) is 18.1 Å². The van der Waals surface area contributed by atoms with E-state index in [1.54, 1.807) is 12.3 Å². The van der Waals surface area contributed by atoms with E-state index in [0.717, 1.165) is 15.7 Å². The molecular weight excluding hydrogens is 332 g/mol. The number of hydrogen-bond acceptors (Lipinski definition) is 3. The first kappa shape index (κ1) is 15.5. The summed E-state index contributed by atoms with van der Waals surface area (Å²) in [4.78, 5) is 16.1. The van der Waals surface area contributed by atoms with Gasteiger partial charge in [0.1, 0.15) is 5.82 Å². The van der Waals surface area contributed by atoms with Crippen LogP contribution in [0, 0.1) is 0 Å². The number of carbonyl (C=O) groups is 1. The predicted octanol–water partition coefficient (Wildman–Crippen LogP) is 3.77. The van der Waals surface area contributed by atoms with E-state index in [0.29, 0.717) is 5.82 Å². The van der Waals surface area contributed by atoms with E-state index >= 15 is 0 Å². The van der Waals surface area contributed by atoms with Gasteiger partial charge < -0.3 is 10.6 Å². The van der Waals surface area contributed by atoms with Crippen molar-refractivity contribution in [3.05, 3.63) is 52.6 Å². The third kappa shape index (κ3) is 4.27. The number of carbonyl (C=O) groups excluding carboxylic acids is 1. The van der Waals surface area contributed by atoms with Crippen molar-refractivity contribution in [2.24, 2.45) is 0 Å². The quantitative estimate of drug-likeness (QED) is 0.787. The van der Waals surface area contributed by atoms with Crippen LogP contribution in [0.25, 0.3) is 0 Å². The third-order valence-corrected chi connectivity index (χ3v) is 3.71. The molecule has 0 bridgehead atoms. The summed E-state index contributed by atoms with van der Waals surface area (Å²) in [5.74, 6) is 0.481. The van der Waals surface area contributed by atoms with Gasteiger partial charge in [0.05, 0.1) is 4.47 Å². The number of amides is 2. The molecule has 0 aliphatic heterocycles. The first-order valence-corrected chi connectivity index (χ1v) is 7.35. The van der Waals surface area contributed by atoms with Gasteiger partial charge in [-0.3, -0.25) is 5.32 Å². The largest absolute Gasteiger partial charge is 0.324 e. The number of halogens is 1. The van der Waals surface area contributed by atoms with Gasteiger partial charge in [-0.2, -0.15) is 0 Å². The molecule has 1 aromatic heterocycles. The smallest absolute Gasteiger partial charge is 0.313 e. The second kappa shape index (κ2) is 7.19. The lowest BCUT2D eigenvalue weighted by Gasteiger charge is -2.13. The molecule has 0 fully saturated rings. The lowest BCUT2D eigenvalue weighted by Crippen LogP contribution is -2.20. The summed E-state index contributed by atoms with van der Waals surface area (Å²) in [6, 6.07) is 11.2. The third-order valence-electron chi connectivity index (χ3n) is 3.07. The number of hydrogen-bond donors (Lipinski definition) is 3. The molecule has 0 aliphatic carbocycles. The Morgan fingerprint density at radius 1 is 1.24 bits per heavy atom. The summed E-state index contributed by atoms with van der Waals surface area (Å²) in [6.45, 7) is 2.06. The average molecular weight is 349 g/mol. The summed E-state index contributed by atoms with van der Waals surface area (Å²) >= 11 is 3.34. The maximum atomic E-state index is 12.0. The van der Waals surface area contributed by atoms with Crippen LogP contribution in [0.3, 0.4) is 0 Å². The van der Waals surface area contributed by atoms with Crippen LogP contribution in [-0.2, 0) is 0 Å². The Morgan fingerprint density at radius 2 is 2.05 bits per heavy atom. The van der Waals surface area contributed by atoms with Crippen molar-refractivity contribution >= 4 is 33.5 Å². The van der Waals surface area contributed by atoms with E-state index in [-0.39, 0.29) is 12.1 Å². The molecule has 2 rings (SSSR count). The molecule has 0 saturated heterocycles. The van der Waals surface area contributed by atoms with Gasteiger partial charge in [0.2, 0.25) is 0 Å². The van der Waals surface area contributed by atoms with Crippen molar-refractivity contribution in [1.29, 1.82) is 0 Å². The van der Waals surface area contributed by atoms with Crippen molar-refractivity contribution in [1.82, 2.24) is 10.3 Å². The maximum Gasteiger partial charge on any atom is 0.324 e. The zero-order valence-corrected chi connectivity index (χ0v) is 13.4. The highest BCUT2D eigenvalue weighted by atomic mass is 79.9. The molecule has 110 valence electrons. The lowest BCUT2D eigenvalue weighted by molar-refractivity contribution is 0.262. The fraction of sp³-hybridized carbons (Fsp3) is 0.200. The first-order valence-electron chi connectivity index (χ1n) is 6.56. The highest BCUT2D eigenvalue weighted by Gasteiger charge is 2.08. The number of rotatable bonds is 4. The minimum Gasteiger partial charge on any atom is -0.313 e. The van der Waals surface area contributed by atoms with Gasteiger partial charge in [0.15, 0.2) is 0 Å². The normalized spacial score (nSPS) is 11.8. The highest BCUT2D eigenvalue weighted by molar-refractivity contribution is 9.10. The molecule has 2 amide bonds. The molecule has 0 aliphatic rings. The molecule has 1 unspecified atom stereocenters. The van der Waals surface area contributed by atoms with Gasteiger partial charge in [0, 0.05) is 17.9 Å². The van der Waals surface area contributed by atoms with Crippen LogP contribution in [0.4, 0.5) is 16.3 Å². The number of aromatic nitrogens is 1. The van der Waals surface area contributed by atoms with Gasteiger partial charge >= 0.3 is 6.03 Å². The van der Waals surface area contributed by atoms with Gasteiger partial charge in [-0.15, -0.1) is 0 Å². The summed E-state index contributed by atoms with van der Waals surface area (Å²) in [6.07, 6.45) is 1.62. The number of urea groups is 1. The van der Waals surface area contributed by atoms with E-state index in [2.05, 4.69) is 43.8 Å². The van der Waals surface area contributed by atoms with Crippen molar-refractivity contribution in [2.75, 3.05) is 17.7 Å². The molecule has 0 saturated carbocycles. The van der Waals surface area contributed by atoms with Crippen LogP contribution in [0.5, 0.6) is 0 Å². The second-order valence-electron chi connectivity index (χ2n) is 4.55. The fourth-order valence-electron chi connectivity index (χ4n) is 1.80. The Morgan fingerprint density at radius 3 is 2.76 bits per heavy atom. The van der Waals surface area contributed by atoms with Gasteiger partial charge in [-0.25, -0.2) is 9.78 Å². The zero-order chi connectivity index (χ0) is 15.2. The highest BCUT2D eigenvalue weighted by Crippen LogP contribution is 2.20. The Balaban J connectivity index is 2.05. The molecule has 1 aromatic carbocycles. The SMILES string of the molecule is CNC(C)c1cccc(NC(=O)Nc2ncccc2Br)c1. The summed E-state index contributed by atoms with van der Waals surface area (Å²) in [5, 5.41) is 8.66. The molecule has 0 spiro atoms. The number of nitrogens with zero attached hydrogens (tertiary/aromatic N) is 1. The second-order valence-corrected chi connectivity index (χ2v) is 5.40. The minimum absolute atomic E-state index is 0.222. The Hall–Kier alpha value is -1.92. The van der Waals surface area contributed by atoms with Crippen LogP contribution in [0.1, 0.15) is 18.5 Å². The number of anilines is 2. The molecule has 0 radical (unpaired) electrons. The molecule has 3 N–H and O–H groups in total. The van der Waals surface area contributed by atoms with Crippen LogP contribution in [0.2, 0.25) is 0 Å². The van der Waals surface area contributed by atoms with Crippen molar-refractivity contribution in [3.63, 3.8) is 0 Å². The van der Waals surface area contributed by atoms with Gasteiger partial charge in [-0.1, -0.05) is 12.1 Å². The molecule has 6 heteroatoms. The topological polar surface area (TPSA) is 66.0 Å². The standard InChI is InChI=1S/C15H17BrN4O/c1-10(17-2)11-5-3-6-12(9-11)19-15(21)20-14-13(16)7-4-8-18-14/h3-10,17H,1-2H3,(H2,18,19,20,21). The van der Waals surface area contributed by atoms with E-state index in [1.807, 2.05) is 37.4 Å². The van der Waals surface area contributed by atoms with Crippen molar-refractivity contribution < 1.29 is 4.79 Å². The van der Waals surface area contributed by atoms with Crippen LogP contribution >= 0.6 is 15.9 Å². The van der Waals surface area contributed by atoms with E-state index < -0.39 is 0 Å². The van der Waals surface area contributed by atoms with Crippen molar-refractivity contribution in [3.8, 4) is 0 Å². The van der Waals surface area contributed by atoms with E-state index in [9.17, 15) is 4.79 Å². The van der Waals surface area contributed by atoms with E-state index in [4.69, 9.17) is 0 Å². The van der Waals surface area contributed by atoms with E-state index in [1.165, 1.54) is 0 Å². The van der Waals surface area contributed by atoms with Gasteiger partial charge in [0.25, 0.3) is 0 Å². The van der Waals surface area contributed by atoms with Crippen molar-refractivity contribution in [2.45, 2.75) is 13.0 Å². The first-order chi connectivity index (χ1) is 10.1. The maximum absolute atomic E-state index is 12.0. The average Bonchev–Trinajstić information content (AvgIpc) is 2.49. The molecule has 1 atom stereocenters. The summed E-state index contributed by atoms with van der Waals surface area (Å²) < 4.78 is 0.734. The Kier molecular flexibility index (Phi) is 5.30. The van der Waals surface area contributed by atoms with Crippen LogP contribution in [0.15, 0.2) is 47.1 Å². The lowest BCUT2D eigenvalue weighted by atomic mass is 10.1. The number of benzene rings is 1. The summed E-state index contributed by atoms with van der Waals surface area (Å²) in [5.41, 5.74) is 1.84. The molecule has 21 heavy (non-hydrogen) atoms. The zero-order valence-electron chi connectivity index (χ0n) is 11.9. The minimum atomic E-state index is -0.330. The fourth-order valence-corrected chi connectivity index (χ4v) is 2.15. The monoisotopic (exact) mass is 348 g/mol. The predicted molar refractivity (Wildman–Crippen MR) is 88.5 cm³/mol. The summed E-state index contributed by atoms with van der Waals surface area (Å²) in [7, 11) is 1.90. The molecule has 5 nitrogen and oxygen atoms in total. The number of pyridine rings is 1. The molecule has 2 aromatic rings. The van der Waals surface area contributed by atoms with Gasteiger partial charge in [-0.05, 0) is 59.7 Å². The number of nitrogens with one attached hydrogen (secondary N) is 3. The molecular formula is C15H17BrN4O. The molecule has 1 heterocycles. The van der Waals surface area contributed by atoms with Crippen LogP contribution < -0.4 is 16.0 Å².